The fourth-order valence-corrected chi connectivity index (χ4v) is 5.10. The van der Waals surface area contributed by atoms with Crippen LogP contribution in [0, 0.1) is 17.3 Å². The van der Waals surface area contributed by atoms with Gasteiger partial charge in [-0.25, -0.2) is 0 Å². The number of ether oxygens (including phenoxy) is 1. The summed E-state index contributed by atoms with van der Waals surface area (Å²) in [4.78, 5) is 2.68. The summed E-state index contributed by atoms with van der Waals surface area (Å²) in [7, 11) is 0. The lowest BCUT2D eigenvalue weighted by Gasteiger charge is -2.53. The maximum atomic E-state index is 5.93. The lowest BCUT2D eigenvalue weighted by Crippen LogP contribution is -2.48. The number of piperidine rings is 1. The molecule has 0 aromatic carbocycles. The Kier molecular flexibility index (Phi) is 4.72. The summed E-state index contributed by atoms with van der Waals surface area (Å²) in [6.45, 7) is 5.76. The first-order valence-electron chi connectivity index (χ1n) is 9.59. The highest BCUT2D eigenvalue weighted by Gasteiger charge is 2.45. The molecule has 3 heterocycles. The number of hydrogen-bond donors (Lipinski definition) is 1. The Bertz CT molecular complexity index is 542. The van der Waals surface area contributed by atoms with Crippen molar-refractivity contribution in [3.05, 3.63) is 17.8 Å². The lowest BCUT2D eigenvalue weighted by molar-refractivity contribution is -0.0257. The maximum absolute atomic E-state index is 5.93. The van der Waals surface area contributed by atoms with Crippen LogP contribution >= 0.6 is 0 Å². The van der Waals surface area contributed by atoms with Gasteiger partial charge in [-0.1, -0.05) is 0 Å². The van der Waals surface area contributed by atoms with E-state index in [-0.39, 0.29) is 0 Å². The van der Waals surface area contributed by atoms with E-state index in [2.05, 4.69) is 15.1 Å². The SMILES string of the molecule is Nc1nnccc1CC1CC2(CCN(CC3CCCOC3)CC2)C1. The maximum Gasteiger partial charge on any atom is 0.149 e. The van der Waals surface area contributed by atoms with E-state index in [1.165, 1.54) is 63.7 Å². The molecule has 0 radical (unpaired) electrons. The van der Waals surface area contributed by atoms with Crippen molar-refractivity contribution in [1.82, 2.24) is 15.1 Å². The molecule has 132 valence electrons. The molecule has 3 fully saturated rings. The summed E-state index contributed by atoms with van der Waals surface area (Å²) in [5.74, 6) is 2.17. The Morgan fingerprint density at radius 1 is 1.25 bits per heavy atom. The van der Waals surface area contributed by atoms with Crippen LogP contribution in [0.1, 0.15) is 44.1 Å². The molecule has 5 nitrogen and oxygen atoms in total. The summed E-state index contributed by atoms with van der Waals surface area (Å²) in [6, 6.07) is 2.03. The average molecular weight is 330 g/mol. The van der Waals surface area contributed by atoms with Crippen LogP contribution in [0.15, 0.2) is 12.3 Å². The van der Waals surface area contributed by atoms with Gasteiger partial charge in [0.1, 0.15) is 5.82 Å². The predicted octanol–water partition coefficient (Wildman–Crippen LogP) is 2.52. The first-order chi connectivity index (χ1) is 11.7. The molecule has 1 aliphatic carbocycles. The second-order valence-corrected chi connectivity index (χ2v) is 8.30. The number of rotatable bonds is 4. The van der Waals surface area contributed by atoms with Crippen molar-refractivity contribution < 1.29 is 4.74 Å². The third kappa shape index (κ3) is 3.57. The molecule has 1 spiro atoms. The van der Waals surface area contributed by atoms with Crippen molar-refractivity contribution in [2.24, 2.45) is 17.3 Å². The Hall–Kier alpha value is -1.20. The third-order valence-electron chi connectivity index (χ3n) is 6.48. The summed E-state index contributed by atoms with van der Waals surface area (Å²) in [5, 5.41) is 7.82. The highest BCUT2D eigenvalue weighted by molar-refractivity contribution is 5.37. The Labute approximate surface area is 145 Å². The van der Waals surface area contributed by atoms with Gasteiger partial charge in [0.25, 0.3) is 0 Å². The molecule has 1 saturated carbocycles. The van der Waals surface area contributed by atoms with Crippen LogP contribution in [0.4, 0.5) is 5.82 Å². The van der Waals surface area contributed by atoms with Crippen LogP contribution in [0.25, 0.3) is 0 Å². The van der Waals surface area contributed by atoms with Crippen LogP contribution in [0.3, 0.4) is 0 Å². The van der Waals surface area contributed by atoms with Crippen molar-refractivity contribution in [3.63, 3.8) is 0 Å². The van der Waals surface area contributed by atoms with Crippen molar-refractivity contribution in [3.8, 4) is 0 Å². The zero-order chi connectivity index (χ0) is 16.4. The van der Waals surface area contributed by atoms with E-state index in [4.69, 9.17) is 10.5 Å². The van der Waals surface area contributed by atoms with Gasteiger partial charge in [0.15, 0.2) is 0 Å². The number of hydrogen-bond acceptors (Lipinski definition) is 5. The Morgan fingerprint density at radius 2 is 2.08 bits per heavy atom. The Morgan fingerprint density at radius 3 is 2.79 bits per heavy atom. The number of nitrogen functional groups attached to an aromatic ring is 1. The molecule has 2 aliphatic heterocycles. The first kappa shape index (κ1) is 16.3. The molecule has 4 rings (SSSR count). The van der Waals surface area contributed by atoms with Gasteiger partial charge in [-0.05, 0) is 86.9 Å². The summed E-state index contributed by atoms with van der Waals surface area (Å²) in [5.41, 5.74) is 7.74. The van der Waals surface area contributed by atoms with Crippen LogP contribution < -0.4 is 5.73 Å². The van der Waals surface area contributed by atoms with Gasteiger partial charge in [-0.15, -0.1) is 5.10 Å². The zero-order valence-electron chi connectivity index (χ0n) is 14.6. The molecule has 5 heteroatoms. The molecule has 1 atom stereocenters. The van der Waals surface area contributed by atoms with E-state index in [0.717, 1.165) is 31.5 Å². The summed E-state index contributed by atoms with van der Waals surface area (Å²) in [6.07, 6.45) is 10.9. The topological polar surface area (TPSA) is 64.3 Å². The molecule has 0 bridgehead atoms. The van der Waals surface area contributed by atoms with Crippen LogP contribution in [0.5, 0.6) is 0 Å². The molecular formula is C19H30N4O. The number of nitrogens with two attached hydrogens (primary N) is 1. The van der Waals surface area contributed by atoms with E-state index in [9.17, 15) is 0 Å². The molecule has 24 heavy (non-hydrogen) atoms. The predicted molar refractivity (Wildman–Crippen MR) is 94.5 cm³/mol. The van der Waals surface area contributed by atoms with E-state index in [1.54, 1.807) is 6.20 Å². The van der Waals surface area contributed by atoms with E-state index < -0.39 is 0 Å². The number of anilines is 1. The van der Waals surface area contributed by atoms with Crippen molar-refractivity contribution in [2.75, 3.05) is 38.6 Å². The van der Waals surface area contributed by atoms with Crippen molar-refractivity contribution in [1.29, 1.82) is 0 Å². The fraction of sp³-hybridized carbons (Fsp3) is 0.789. The number of aromatic nitrogens is 2. The molecule has 0 amide bonds. The number of likely N-dealkylation sites (tertiary alicyclic amines) is 1. The minimum atomic E-state index is 0.614. The van der Waals surface area contributed by atoms with Crippen LogP contribution in [-0.2, 0) is 11.2 Å². The molecular weight excluding hydrogens is 300 g/mol. The third-order valence-corrected chi connectivity index (χ3v) is 6.48. The average Bonchev–Trinajstić information content (AvgIpc) is 2.58. The summed E-state index contributed by atoms with van der Waals surface area (Å²) < 4.78 is 5.63. The van der Waals surface area contributed by atoms with E-state index in [1.807, 2.05) is 6.07 Å². The molecule has 2 saturated heterocycles. The second kappa shape index (κ2) is 6.96. The van der Waals surface area contributed by atoms with Crippen LogP contribution in [-0.4, -0.2) is 47.9 Å². The smallest absolute Gasteiger partial charge is 0.149 e. The Balaban J connectivity index is 1.22. The van der Waals surface area contributed by atoms with E-state index in [0.29, 0.717) is 11.2 Å². The zero-order valence-corrected chi connectivity index (χ0v) is 14.6. The first-order valence-corrected chi connectivity index (χ1v) is 9.59. The van der Waals surface area contributed by atoms with Gasteiger partial charge in [0.2, 0.25) is 0 Å². The van der Waals surface area contributed by atoms with Gasteiger partial charge in [-0.3, -0.25) is 0 Å². The van der Waals surface area contributed by atoms with Gasteiger partial charge in [-0.2, -0.15) is 5.10 Å². The highest BCUT2D eigenvalue weighted by Crippen LogP contribution is 2.53. The van der Waals surface area contributed by atoms with Gasteiger partial charge >= 0.3 is 0 Å². The molecule has 1 aromatic heterocycles. The quantitative estimate of drug-likeness (QED) is 0.919. The molecule has 1 aromatic rings. The fourth-order valence-electron chi connectivity index (χ4n) is 5.10. The largest absolute Gasteiger partial charge is 0.382 e. The number of nitrogens with zero attached hydrogens (tertiary/aromatic N) is 3. The highest BCUT2D eigenvalue weighted by atomic mass is 16.5. The summed E-state index contributed by atoms with van der Waals surface area (Å²) >= 11 is 0. The minimum absolute atomic E-state index is 0.614. The molecule has 2 N–H and O–H groups in total. The van der Waals surface area contributed by atoms with Crippen molar-refractivity contribution in [2.45, 2.75) is 44.9 Å². The second-order valence-electron chi connectivity index (χ2n) is 8.30. The van der Waals surface area contributed by atoms with Crippen molar-refractivity contribution >= 4 is 5.82 Å². The van der Waals surface area contributed by atoms with Gasteiger partial charge in [0, 0.05) is 13.2 Å². The standard InChI is InChI=1S/C19H30N4O/c20-18-17(3-6-21-22-18)10-16-11-19(12-16)4-7-23(8-5-19)13-15-2-1-9-24-14-15/h3,6,15-16H,1-2,4-5,7-14H2,(H2,20,22). The minimum Gasteiger partial charge on any atom is -0.382 e. The molecule has 3 aliphatic rings. The van der Waals surface area contributed by atoms with Gasteiger partial charge in [0.05, 0.1) is 12.8 Å². The lowest BCUT2D eigenvalue weighted by atomic mass is 9.56. The monoisotopic (exact) mass is 330 g/mol. The molecule has 1 unspecified atom stereocenters. The van der Waals surface area contributed by atoms with Gasteiger partial charge < -0.3 is 15.4 Å². The van der Waals surface area contributed by atoms with Crippen LogP contribution in [0.2, 0.25) is 0 Å². The van der Waals surface area contributed by atoms with E-state index >= 15 is 0 Å². The normalized spacial score (nSPS) is 27.9.